The molecule has 1 aliphatic rings. The second-order valence-corrected chi connectivity index (χ2v) is 6.11. The minimum atomic E-state index is 0.475. The number of hydrogen-bond acceptors (Lipinski definition) is 5. The molecule has 0 N–H and O–H groups in total. The van der Waals surface area contributed by atoms with Crippen LogP contribution in [0.3, 0.4) is 0 Å². The van der Waals surface area contributed by atoms with Crippen LogP contribution in [0.15, 0.2) is 36.7 Å². The van der Waals surface area contributed by atoms with Gasteiger partial charge in [0.05, 0.1) is 11.6 Å². The highest BCUT2D eigenvalue weighted by molar-refractivity contribution is 5.39. The highest BCUT2D eigenvalue weighted by atomic mass is 15.3. The lowest BCUT2D eigenvalue weighted by atomic mass is 10.1. The van der Waals surface area contributed by atoms with E-state index in [2.05, 4.69) is 32.9 Å². The van der Waals surface area contributed by atoms with E-state index in [9.17, 15) is 0 Å². The lowest BCUT2D eigenvalue weighted by Crippen LogP contribution is -2.35. The Kier molecular flexibility index (Phi) is 4.54. The Morgan fingerprint density at radius 2 is 2.09 bits per heavy atom. The zero-order chi connectivity index (χ0) is 16.2. The van der Waals surface area contributed by atoms with E-state index >= 15 is 0 Å². The second-order valence-electron chi connectivity index (χ2n) is 6.11. The van der Waals surface area contributed by atoms with Crippen molar-refractivity contribution in [2.75, 3.05) is 25.0 Å². The molecule has 1 saturated heterocycles. The van der Waals surface area contributed by atoms with Crippen molar-refractivity contribution in [2.45, 2.75) is 25.9 Å². The topological polar surface area (TPSA) is 56.0 Å². The molecule has 1 aromatic carbocycles. The van der Waals surface area contributed by atoms with E-state index in [1.165, 1.54) is 5.56 Å². The van der Waals surface area contributed by atoms with Gasteiger partial charge in [-0.1, -0.05) is 12.1 Å². The van der Waals surface area contributed by atoms with Gasteiger partial charge in [0.2, 0.25) is 0 Å². The fourth-order valence-electron chi connectivity index (χ4n) is 3.04. The summed E-state index contributed by atoms with van der Waals surface area (Å²) >= 11 is 0. The highest BCUT2D eigenvalue weighted by Crippen LogP contribution is 2.21. The molecule has 0 radical (unpaired) electrons. The third-order valence-electron chi connectivity index (χ3n) is 4.44. The maximum atomic E-state index is 8.86. The van der Waals surface area contributed by atoms with Gasteiger partial charge in [0.15, 0.2) is 0 Å². The monoisotopic (exact) mass is 307 g/mol. The number of aromatic nitrogens is 2. The van der Waals surface area contributed by atoms with E-state index in [1.54, 1.807) is 6.33 Å². The summed E-state index contributed by atoms with van der Waals surface area (Å²) in [7, 11) is 2.11. The first kappa shape index (κ1) is 15.4. The van der Waals surface area contributed by atoms with Crippen LogP contribution in [-0.4, -0.2) is 41.0 Å². The first-order chi connectivity index (χ1) is 11.2. The fourth-order valence-corrected chi connectivity index (χ4v) is 3.04. The van der Waals surface area contributed by atoms with E-state index < -0.39 is 0 Å². The van der Waals surface area contributed by atoms with Crippen LogP contribution in [0.1, 0.15) is 23.2 Å². The minimum Gasteiger partial charge on any atom is -0.355 e. The van der Waals surface area contributed by atoms with Gasteiger partial charge in [-0.2, -0.15) is 5.26 Å². The van der Waals surface area contributed by atoms with Crippen molar-refractivity contribution in [3.8, 4) is 6.07 Å². The molecule has 2 heterocycles. The summed E-state index contributed by atoms with van der Waals surface area (Å²) in [5.74, 6) is 0.989. The molecule has 1 atom stereocenters. The Hall–Kier alpha value is -2.45. The van der Waals surface area contributed by atoms with Crippen molar-refractivity contribution in [1.29, 1.82) is 5.26 Å². The third-order valence-corrected chi connectivity index (χ3v) is 4.44. The second kappa shape index (κ2) is 6.76. The number of nitriles is 1. The molecular formula is C18H21N5. The summed E-state index contributed by atoms with van der Waals surface area (Å²) in [6.07, 6.45) is 2.76. The van der Waals surface area contributed by atoms with Gasteiger partial charge < -0.3 is 4.90 Å². The number of rotatable bonds is 4. The summed E-state index contributed by atoms with van der Waals surface area (Å²) in [6, 6.07) is 12.5. The molecule has 0 aliphatic carbocycles. The number of hydrogen-bond donors (Lipinski definition) is 0. The Labute approximate surface area is 137 Å². The molecule has 0 bridgehead atoms. The van der Waals surface area contributed by atoms with Crippen LogP contribution in [0.2, 0.25) is 0 Å². The average molecular weight is 307 g/mol. The fraction of sp³-hybridized carbons (Fsp3) is 0.389. The zero-order valence-electron chi connectivity index (χ0n) is 13.6. The summed E-state index contributed by atoms with van der Waals surface area (Å²) in [6.45, 7) is 5.03. The van der Waals surface area contributed by atoms with Crippen LogP contribution < -0.4 is 4.90 Å². The first-order valence-electron chi connectivity index (χ1n) is 7.88. The molecule has 3 rings (SSSR count). The van der Waals surface area contributed by atoms with Gasteiger partial charge in [0.1, 0.15) is 12.1 Å². The van der Waals surface area contributed by atoms with Crippen LogP contribution in [0.5, 0.6) is 0 Å². The third kappa shape index (κ3) is 3.66. The van der Waals surface area contributed by atoms with Crippen molar-refractivity contribution in [2.24, 2.45) is 0 Å². The van der Waals surface area contributed by atoms with Crippen molar-refractivity contribution in [3.05, 3.63) is 53.5 Å². The van der Waals surface area contributed by atoms with E-state index in [-0.39, 0.29) is 0 Å². The highest BCUT2D eigenvalue weighted by Gasteiger charge is 2.26. The van der Waals surface area contributed by atoms with E-state index in [0.29, 0.717) is 11.6 Å². The van der Waals surface area contributed by atoms with Gasteiger partial charge in [-0.3, -0.25) is 4.90 Å². The smallest absolute Gasteiger partial charge is 0.132 e. The minimum absolute atomic E-state index is 0.475. The van der Waals surface area contributed by atoms with E-state index in [4.69, 9.17) is 5.26 Å². The maximum absolute atomic E-state index is 8.86. The summed E-state index contributed by atoms with van der Waals surface area (Å²) in [5.41, 5.74) is 2.96. The molecule has 0 spiro atoms. The van der Waals surface area contributed by atoms with Gasteiger partial charge in [0, 0.05) is 44.5 Å². The summed E-state index contributed by atoms with van der Waals surface area (Å²) < 4.78 is 0. The number of anilines is 1. The molecular weight excluding hydrogens is 286 g/mol. The summed E-state index contributed by atoms with van der Waals surface area (Å²) in [4.78, 5) is 13.3. The predicted octanol–water partition coefficient (Wildman–Crippen LogP) is 2.37. The Bertz CT molecular complexity index is 704. The van der Waals surface area contributed by atoms with Gasteiger partial charge in [0.25, 0.3) is 0 Å². The lowest BCUT2D eigenvalue weighted by Gasteiger charge is -2.26. The number of likely N-dealkylation sites (tertiary alicyclic amines) is 1. The maximum Gasteiger partial charge on any atom is 0.132 e. The zero-order valence-corrected chi connectivity index (χ0v) is 13.6. The molecule has 2 aromatic rings. The van der Waals surface area contributed by atoms with Gasteiger partial charge >= 0.3 is 0 Å². The lowest BCUT2D eigenvalue weighted by molar-refractivity contribution is 0.326. The molecule has 5 nitrogen and oxygen atoms in total. The van der Waals surface area contributed by atoms with Crippen LogP contribution in [-0.2, 0) is 6.54 Å². The van der Waals surface area contributed by atoms with Crippen LogP contribution in [0.25, 0.3) is 0 Å². The normalized spacial score (nSPS) is 17.9. The molecule has 1 aliphatic heterocycles. The quantitative estimate of drug-likeness (QED) is 0.868. The molecule has 1 aromatic heterocycles. The van der Waals surface area contributed by atoms with E-state index in [0.717, 1.165) is 37.6 Å². The molecule has 118 valence electrons. The molecule has 1 fully saturated rings. The van der Waals surface area contributed by atoms with Crippen LogP contribution in [0, 0.1) is 18.3 Å². The molecule has 5 heteroatoms. The number of nitrogens with zero attached hydrogens (tertiary/aromatic N) is 5. The standard InChI is InChI=1S/C18H21N5/c1-14-9-18(21-13-20-14)22(2)17-7-8-23(12-17)11-16-5-3-15(10-19)4-6-16/h3-6,9,13,17H,7-8,11-12H2,1-2H3. The van der Waals surface area contributed by atoms with Gasteiger partial charge in [-0.05, 0) is 31.0 Å². The van der Waals surface area contributed by atoms with Crippen molar-refractivity contribution in [3.63, 3.8) is 0 Å². The number of aryl methyl sites for hydroxylation is 1. The summed E-state index contributed by atoms with van der Waals surface area (Å²) in [5, 5.41) is 8.86. The predicted molar refractivity (Wildman–Crippen MR) is 90.0 cm³/mol. The van der Waals surface area contributed by atoms with E-state index in [1.807, 2.05) is 37.3 Å². The van der Waals surface area contributed by atoms with Crippen LogP contribution >= 0.6 is 0 Å². The van der Waals surface area contributed by atoms with Crippen molar-refractivity contribution < 1.29 is 0 Å². The van der Waals surface area contributed by atoms with Crippen LogP contribution in [0.4, 0.5) is 5.82 Å². The molecule has 23 heavy (non-hydrogen) atoms. The SMILES string of the molecule is Cc1cc(N(C)C2CCN(Cc3ccc(C#N)cc3)C2)ncn1. The average Bonchev–Trinajstić information content (AvgIpc) is 3.03. The Morgan fingerprint density at radius 3 is 2.78 bits per heavy atom. The Balaban J connectivity index is 1.60. The van der Waals surface area contributed by atoms with Crippen molar-refractivity contribution >= 4 is 5.82 Å². The first-order valence-corrected chi connectivity index (χ1v) is 7.88. The Morgan fingerprint density at radius 1 is 1.30 bits per heavy atom. The molecule has 0 saturated carbocycles. The largest absolute Gasteiger partial charge is 0.355 e. The van der Waals surface area contributed by atoms with Gasteiger partial charge in [-0.25, -0.2) is 9.97 Å². The molecule has 1 unspecified atom stereocenters. The van der Waals surface area contributed by atoms with Gasteiger partial charge in [-0.15, -0.1) is 0 Å². The van der Waals surface area contributed by atoms with Crippen molar-refractivity contribution in [1.82, 2.24) is 14.9 Å². The number of benzene rings is 1. The number of likely N-dealkylation sites (N-methyl/N-ethyl adjacent to an activating group) is 1. The molecule has 0 amide bonds.